The van der Waals surface area contributed by atoms with Crippen LogP contribution in [0.5, 0.6) is 0 Å². The summed E-state index contributed by atoms with van der Waals surface area (Å²) in [7, 11) is 0. The number of nitrogens with one attached hydrogen (secondary N) is 2. The molecule has 3 rings (SSSR count). The largest absolute Gasteiger partial charge is 0.444 e. The Morgan fingerprint density at radius 1 is 1.26 bits per heavy atom. The lowest BCUT2D eigenvalue weighted by molar-refractivity contribution is -0.121. The molecule has 1 saturated carbocycles. The van der Waals surface area contributed by atoms with Crippen molar-refractivity contribution >= 4 is 34.2 Å². The van der Waals surface area contributed by atoms with Gasteiger partial charge in [-0.3, -0.25) is 10.2 Å². The lowest BCUT2D eigenvalue weighted by Crippen LogP contribution is -2.34. The number of hydrogen-bond acceptors (Lipinski definition) is 5. The number of pyridine rings is 1. The topological polar surface area (TPSA) is 78.3 Å². The van der Waals surface area contributed by atoms with E-state index >= 15 is 0 Å². The number of allylic oxidation sites excluding steroid dienone is 1. The first-order valence-electron chi connectivity index (χ1n) is 12.9. The maximum atomic E-state index is 13.0. The molecule has 2 aromatic rings. The Hall–Kier alpha value is -2.99. The number of fused-ring (bicyclic) bond motifs is 1. The summed E-state index contributed by atoms with van der Waals surface area (Å²) in [6.07, 6.45) is 11.9. The van der Waals surface area contributed by atoms with E-state index in [2.05, 4.69) is 28.7 Å². The van der Waals surface area contributed by atoms with Crippen molar-refractivity contribution in [3.05, 3.63) is 54.8 Å². The number of amides is 1. The van der Waals surface area contributed by atoms with Crippen LogP contribution in [0, 0.1) is 17.2 Å². The highest BCUT2D eigenvalue weighted by atomic mass is 16.5. The van der Waals surface area contributed by atoms with Crippen LogP contribution in [0.1, 0.15) is 66.3 Å². The molecule has 1 aromatic heterocycles. The van der Waals surface area contributed by atoms with Gasteiger partial charge in [-0.1, -0.05) is 25.1 Å². The van der Waals surface area contributed by atoms with E-state index in [-0.39, 0.29) is 19.1 Å². The molecule has 0 saturated heterocycles. The molecule has 0 unspecified atom stereocenters. The first-order chi connectivity index (χ1) is 16.9. The van der Waals surface area contributed by atoms with Crippen LogP contribution in [-0.4, -0.2) is 41.3 Å². The Labute approximate surface area is 211 Å². The summed E-state index contributed by atoms with van der Waals surface area (Å²) in [5.41, 5.74) is 0.888. The van der Waals surface area contributed by atoms with Crippen molar-refractivity contribution in [2.45, 2.75) is 59.3 Å². The van der Waals surface area contributed by atoms with Gasteiger partial charge in [0.15, 0.2) is 5.90 Å². The van der Waals surface area contributed by atoms with Crippen molar-refractivity contribution in [1.82, 2.24) is 9.88 Å². The van der Waals surface area contributed by atoms with Gasteiger partial charge in [0.05, 0.1) is 0 Å². The van der Waals surface area contributed by atoms with E-state index in [1.165, 1.54) is 6.42 Å². The molecule has 2 N–H and O–H groups in total. The molecule has 0 aliphatic heterocycles. The number of benzene rings is 1. The van der Waals surface area contributed by atoms with Crippen molar-refractivity contribution in [3.8, 4) is 0 Å². The van der Waals surface area contributed by atoms with E-state index in [1.807, 2.05) is 43.3 Å². The van der Waals surface area contributed by atoms with Crippen molar-refractivity contribution < 1.29 is 11.0 Å². The second kappa shape index (κ2) is 13.2. The number of carbonyl (C=O) groups excluding carboxylic acids is 1. The van der Waals surface area contributed by atoms with Gasteiger partial charge in [0, 0.05) is 44.5 Å². The lowest BCUT2D eigenvalue weighted by Gasteiger charge is -2.32. The SMILES string of the molecule is C=CCCN(CCC)CC1CCC(C(=O)Nc2cc3cc(/C(=C/C)OC(C)=N)ccc3cn2)CC1.[HH]. The summed E-state index contributed by atoms with van der Waals surface area (Å²) < 4.78 is 5.53. The summed E-state index contributed by atoms with van der Waals surface area (Å²) in [5.74, 6) is 2.14. The normalized spacial score (nSPS) is 18.5. The van der Waals surface area contributed by atoms with Gasteiger partial charge in [-0.25, -0.2) is 4.98 Å². The Bertz CT molecular complexity index is 1060. The highest BCUT2D eigenvalue weighted by Gasteiger charge is 2.27. The number of nitrogens with zero attached hydrogens (tertiary/aromatic N) is 2. The minimum absolute atomic E-state index is 0. The zero-order valence-electron chi connectivity index (χ0n) is 21.5. The average Bonchev–Trinajstić information content (AvgIpc) is 2.85. The van der Waals surface area contributed by atoms with Crippen molar-refractivity contribution in [1.29, 1.82) is 5.41 Å². The number of rotatable bonds is 11. The third kappa shape index (κ3) is 7.76. The predicted octanol–water partition coefficient (Wildman–Crippen LogP) is 6.89. The van der Waals surface area contributed by atoms with Crippen LogP contribution >= 0.6 is 0 Å². The number of ether oxygens (including phenoxy) is 1. The molecular weight excluding hydrogens is 436 g/mol. The second-order valence-corrected chi connectivity index (χ2v) is 9.53. The summed E-state index contributed by atoms with van der Waals surface area (Å²) in [5, 5.41) is 12.6. The van der Waals surface area contributed by atoms with Crippen LogP contribution in [0.4, 0.5) is 5.82 Å². The maximum Gasteiger partial charge on any atom is 0.228 e. The molecule has 0 bridgehead atoms. The zero-order chi connectivity index (χ0) is 25.2. The van der Waals surface area contributed by atoms with E-state index in [0.717, 1.165) is 68.1 Å². The van der Waals surface area contributed by atoms with Gasteiger partial charge in [0.25, 0.3) is 0 Å². The fraction of sp³-hybridized carbons (Fsp3) is 0.483. The minimum atomic E-state index is 0. The molecule has 6 heteroatoms. The highest BCUT2D eigenvalue weighted by molar-refractivity contribution is 5.94. The Balaban J connectivity index is 0.00000456. The molecular formula is C29H42N4O2. The molecule has 1 aliphatic carbocycles. The molecule has 6 nitrogen and oxygen atoms in total. The molecule has 1 amide bonds. The number of carbonyl (C=O) groups is 1. The van der Waals surface area contributed by atoms with Crippen LogP contribution in [0.2, 0.25) is 0 Å². The molecule has 0 radical (unpaired) electrons. The van der Waals surface area contributed by atoms with E-state index < -0.39 is 0 Å². The average molecular weight is 479 g/mol. The van der Waals surface area contributed by atoms with E-state index in [1.54, 1.807) is 13.1 Å². The van der Waals surface area contributed by atoms with Crippen LogP contribution < -0.4 is 5.32 Å². The minimum Gasteiger partial charge on any atom is -0.444 e. The monoisotopic (exact) mass is 478 g/mol. The summed E-state index contributed by atoms with van der Waals surface area (Å²) in [4.78, 5) is 20.0. The summed E-state index contributed by atoms with van der Waals surface area (Å²) >= 11 is 0. The van der Waals surface area contributed by atoms with E-state index in [9.17, 15) is 4.79 Å². The van der Waals surface area contributed by atoms with E-state index in [4.69, 9.17) is 10.1 Å². The highest BCUT2D eigenvalue weighted by Crippen LogP contribution is 2.31. The molecule has 1 heterocycles. The third-order valence-electron chi connectivity index (χ3n) is 6.71. The number of hydrogen-bond donors (Lipinski definition) is 2. The quantitative estimate of drug-likeness (QED) is 0.160. The molecule has 1 aliphatic rings. The molecule has 1 aromatic carbocycles. The Morgan fingerprint density at radius 3 is 2.69 bits per heavy atom. The lowest BCUT2D eigenvalue weighted by atomic mass is 9.81. The van der Waals surface area contributed by atoms with Gasteiger partial charge in [0.1, 0.15) is 11.6 Å². The van der Waals surface area contributed by atoms with Gasteiger partial charge in [-0.05, 0) is 81.5 Å². The smallest absolute Gasteiger partial charge is 0.228 e. The second-order valence-electron chi connectivity index (χ2n) is 9.53. The number of aromatic nitrogens is 1. The summed E-state index contributed by atoms with van der Waals surface area (Å²) in [6.45, 7) is 12.9. The standard InChI is InChI=1S/C29H40N4O2.H2/c1-5-8-16-33(15-6-2)20-22-9-11-23(12-10-22)29(34)32-28-18-26-17-24(13-14-25(26)19-31-28)27(7-3)35-21(4)30;/h5,7,13-14,17-19,22-23,30H,1,6,8-12,15-16,20H2,2-4H3,(H,31,32,34);1H/b27-7-,30-21?;. The third-order valence-corrected chi connectivity index (χ3v) is 6.71. The molecule has 190 valence electrons. The van der Waals surface area contributed by atoms with Crippen LogP contribution in [0.3, 0.4) is 0 Å². The molecule has 35 heavy (non-hydrogen) atoms. The molecule has 0 spiro atoms. The molecule has 1 fully saturated rings. The molecule has 0 atom stereocenters. The first-order valence-corrected chi connectivity index (χ1v) is 12.9. The number of anilines is 1. The summed E-state index contributed by atoms with van der Waals surface area (Å²) in [6, 6.07) is 7.85. The fourth-order valence-corrected chi connectivity index (χ4v) is 4.90. The van der Waals surface area contributed by atoms with Gasteiger partial charge in [-0.15, -0.1) is 6.58 Å². The van der Waals surface area contributed by atoms with Crippen LogP contribution in [0.15, 0.2) is 49.2 Å². The Morgan fingerprint density at radius 2 is 2.03 bits per heavy atom. The first kappa shape index (κ1) is 26.6. The van der Waals surface area contributed by atoms with Crippen LogP contribution in [0.25, 0.3) is 16.5 Å². The van der Waals surface area contributed by atoms with Gasteiger partial charge >= 0.3 is 0 Å². The van der Waals surface area contributed by atoms with E-state index in [0.29, 0.717) is 17.5 Å². The Kier molecular flexibility index (Phi) is 10.0. The zero-order valence-corrected chi connectivity index (χ0v) is 21.5. The van der Waals surface area contributed by atoms with Gasteiger partial charge in [0.2, 0.25) is 5.91 Å². The van der Waals surface area contributed by atoms with Crippen molar-refractivity contribution in [3.63, 3.8) is 0 Å². The van der Waals surface area contributed by atoms with Gasteiger partial charge in [-0.2, -0.15) is 0 Å². The van der Waals surface area contributed by atoms with Crippen molar-refractivity contribution in [2.75, 3.05) is 25.0 Å². The van der Waals surface area contributed by atoms with Crippen molar-refractivity contribution in [2.24, 2.45) is 11.8 Å². The fourth-order valence-electron chi connectivity index (χ4n) is 4.90. The maximum absolute atomic E-state index is 13.0. The van der Waals surface area contributed by atoms with Gasteiger partial charge < -0.3 is 15.0 Å². The predicted molar refractivity (Wildman–Crippen MR) is 148 cm³/mol. The van der Waals surface area contributed by atoms with Crippen LogP contribution in [-0.2, 0) is 9.53 Å².